The minimum absolute atomic E-state index is 0.188. The Balaban J connectivity index is 1.82. The number of aryl methyl sites for hydroxylation is 2. The van der Waals surface area contributed by atoms with Crippen molar-refractivity contribution >= 4 is 0 Å². The second-order valence-corrected chi connectivity index (χ2v) is 5.29. The topological polar surface area (TPSA) is 38.0 Å². The molecule has 98 valence electrons. The average Bonchev–Trinajstić information content (AvgIpc) is 2.93. The smallest absolute Gasteiger partial charge is 0.0500 e. The Labute approximate surface area is 114 Å². The van der Waals surface area contributed by atoms with E-state index in [9.17, 15) is 0 Å². The van der Waals surface area contributed by atoms with Crippen LogP contribution in [-0.2, 0) is 19.3 Å². The SMILES string of the molecule is NNC(Cc1ccccc1)c1ccc2c(c1)CCC2. The number of nitrogens with two attached hydrogens (primary N) is 1. The molecule has 0 aromatic heterocycles. The monoisotopic (exact) mass is 252 g/mol. The summed E-state index contributed by atoms with van der Waals surface area (Å²) >= 11 is 0. The molecule has 1 aliphatic carbocycles. The predicted octanol–water partition coefficient (Wildman–Crippen LogP) is 2.92. The highest BCUT2D eigenvalue weighted by Crippen LogP contribution is 2.26. The van der Waals surface area contributed by atoms with E-state index in [-0.39, 0.29) is 6.04 Å². The molecular weight excluding hydrogens is 232 g/mol. The zero-order valence-electron chi connectivity index (χ0n) is 11.1. The van der Waals surface area contributed by atoms with Crippen LogP contribution in [0.15, 0.2) is 48.5 Å². The molecule has 0 saturated carbocycles. The maximum Gasteiger partial charge on any atom is 0.0500 e. The van der Waals surface area contributed by atoms with Crippen LogP contribution < -0.4 is 11.3 Å². The molecule has 1 unspecified atom stereocenters. The average molecular weight is 252 g/mol. The third-order valence-electron chi connectivity index (χ3n) is 4.01. The molecule has 2 aromatic rings. The molecule has 0 fully saturated rings. The molecule has 0 aliphatic heterocycles. The van der Waals surface area contributed by atoms with Gasteiger partial charge < -0.3 is 0 Å². The van der Waals surface area contributed by atoms with E-state index in [2.05, 4.69) is 47.9 Å². The van der Waals surface area contributed by atoms with Gasteiger partial charge in [0.15, 0.2) is 0 Å². The number of nitrogens with one attached hydrogen (secondary N) is 1. The van der Waals surface area contributed by atoms with Gasteiger partial charge in [0.05, 0.1) is 0 Å². The number of hydrogen-bond donors (Lipinski definition) is 2. The third-order valence-corrected chi connectivity index (χ3v) is 4.01. The molecule has 19 heavy (non-hydrogen) atoms. The lowest BCUT2D eigenvalue weighted by Crippen LogP contribution is -2.29. The highest BCUT2D eigenvalue weighted by Gasteiger charge is 2.15. The van der Waals surface area contributed by atoms with Crippen LogP contribution in [0.2, 0.25) is 0 Å². The van der Waals surface area contributed by atoms with Gasteiger partial charge in [-0.3, -0.25) is 11.3 Å². The highest BCUT2D eigenvalue weighted by atomic mass is 15.2. The zero-order valence-corrected chi connectivity index (χ0v) is 11.1. The lowest BCUT2D eigenvalue weighted by molar-refractivity contribution is 0.551. The van der Waals surface area contributed by atoms with Crippen molar-refractivity contribution in [1.82, 2.24) is 5.43 Å². The van der Waals surface area contributed by atoms with Gasteiger partial charge in [0, 0.05) is 6.04 Å². The van der Waals surface area contributed by atoms with Crippen molar-refractivity contribution in [2.24, 2.45) is 5.84 Å². The number of fused-ring (bicyclic) bond motifs is 1. The van der Waals surface area contributed by atoms with E-state index in [0.29, 0.717) is 0 Å². The van der Waals surface area contributed by atoms with Crippen molar-refractivity contribution in [3.8, 4) is 0 Å². The fraction of sp³-hybridized carbons (Fsp3) is 0.294. The summed E-state index contributed by atoms with van der Waals surface area (Å²) in [6, 6.07) is 17.5. The standard InChI is InChI=1S/C17H20N2/c18-19-17(11-13-5-2-1-3-6-13)16-10-9-14-7-4-8-15(14)12-16/h1-3,5-6,9-10,12,17,19H,4,7-8,11,18H2. The minimum atomic E-state index is 0.188. The van der Waals surface area contributed by atoms with Crippen LogP contribution in [0.3, 0.4) is 0 Å². The molecule has 2 aromatic carbocycles. The highest BCUT2D eigenvalue weighted by molar-refractivity contribution is 5.37. The van der Waals surface area contributed by atoms with Crippen molar-refractivity contribution in [3.63, 3.8) is 0 Å². The van der Waals surface area contributed by atoms with Crippen LogP contribution in [0.25, 0.3) is 0 Å². The third kappa shape index (κ3) is 2.70. The van der Waals surface area contributed by atoms with Crippen molar-refractivity contribution in [2.75, 3.05) is 0 Å². The van der Waals surface area contributed by atoms with Gasteiger partial charge >= 0.3 is 0 Å². The van der Waals surface area contributed by atoms with Gasteiger partial charge in [0.1, 0.15) is 0 Å². The first-order valence-electron chi connectivity index (χ1n) is 6.98. The largest absolute Gasteiger partial charge is 0.271 e. The molecule has 0 saturated heterocycles. The van der Waals surface area contributed by atoms with Gasteiger partial charge in [-0.25, -0.2) is 0 Å². The first-order chi connectivity index (χ1) is 9.36. The fourth-order valence-corrected chi connectivity index (χ4v) is 2.93. The molecule has 3 rings (SSSR count). The molecule has 0 bridgehead atoms. The molecule has 0 amide bonds. The fourth-order valence-electron chi connectivity index (χ4n) is 2.93. The lowest BCUT2D eigenvalue weighted by Gasteiger charge is -2.17. The summed E-state index contributed by atoms with van der Waals surface area (Å²) in [6.07, 6.45) is 4.66. The van der Waals surface area contributed by atoms with Gasteiger partial charge in [-0.1, -0.05) is 48.5 Å². The van der Waals surface area contributed by atoms with Crippen LogP contribution in [0.5, 0.6) is 0 Å². The summed E-state index contributed by atoms with van der Waals surface area (Å²) in [5.41, 5.74) is 8.59. The van der Waals surface area contributed by atoms with Gasteiger partial charge in [0.25, 0.3) is 0 Å². The Morgan fingerprint density at radius 3 is 2.58 bits per heavy atom. The molecular formula is C17H20N2. The van der Waals surface area contributed by atoms with Gasteiger partial charge in [-0.2, -0.15) is 0 Å². The molecule has 2 heteroatoms. The van der Waals surface area contributed by atoms with E-state index in [1.807, 2.05) is 6.07 Å². The Bertz CT molecular complexity index is 548. The van der Waals surface area contributed by atoms with Crippen LogP contribution in [0, 0.1) is 0 Å². The number of hydrazine groups is 1. The van der Waals surface area contributed by atoms with Crippen LogP contribution in [-0.4, -0.2) is 0 Å². The predicted molar refractivity (Wildman–Crippen MR) is 78.7 cm³/mol. The zero-order chi connectivity index (χ0) is 13.1. The second-order valence-electron chi connectivity index (χ2n) is 5.29. The molecule has 3 N–H and O–H groups in total. The first-order valence-corrected chi connectivity index (χ1v) is 6.98. The van der Waals surface area contributed by atoms with Gasteiger partial charge in [-0.15, -0.1) is 0 Å². The number of benzene rings is 2. The minimum Gasteiger partial charge on any atom is -0.271 e. The lowest BCUT2D eigenvalue weighted by atomic mass is 9.96. The Morgan fingerprint density at radius 1 is 1.00 bits per heavy atom. The molecule has 0 radical (unpaired) electrons. The van der Waals surface area contributed by atoms with Crippen LogP contribution in [0.1, 0.15) is 34.7 Å². The summed E-state index contributed by atoms with van der Waals surface area (Å²) in [4.78, 5) is 0. The van der Waals surface area contributed by atoms with Crippen molar-refractivity contribution < 1.29 is 0 Å². The Hall–Kier alpha value is -1.64. The van der Waals surface area contributed by atoms with Gasteiger partial charge in [0.2, 0.25) is 0 Å². The maximum atomic E-state index is 5.75. The van der Waals surface area contributed by atoms with Crippen molar-refractivity contribution in [3.05, 3.63) is 70.8 Å². The number of rotatable bonds is 4. The van der Waals surface area contributed by atoms with E-state index >= 15 is 0 Å². The van der Waals surface area contributed by atoms with Crippen LogP contribution in [0.4, 0.5) is 0 Å². The van der Waals surface area contributed by atoms with E-state index < -0.39 is 0 Å². The summed E-state index contributed by atoms with van der Waals surface area (Å²) in [5.74, 6) is 5.75. The van der Waals surface area contributed by atoms with E-state index in [1.165, 1.54) is 41.5 Å². The summed E-state index contributed by atoms with van der Waals surface area (Å²) in [5, 5.41) is 0. The molecule has 1 atom stereocenters. The van der Waals surface area contributed by atoms with E-state index in [1.54, 1.807) is 0 Å². The van der Waals surface area contributed by atoms with E-state index in [4.69, 9.17) is 5.84 Å². The number of hydrogen-bond acceptors (Lipinski definition) is 2. The summed E-state index contributed by atoms with van der Waals surface area (Å²) < 4.78 is 0. The molecule has 0 heterocycles. The summed E-state index contributed by atoms with van der Waals surface area (Å²) in [6.45, 7) is 0. The maximum absolute atomic E-state index is 5.75. The Morgan fingerprint density at radius 2 is 1.79 bits per heavy atom. The first kappa shape index (κ1) is 12.4. The molecule has 0 spiro atoms. The Kier molecular flexibility index (Phi) is 3.62. The molecule has 2 nitrogen and oxygen atoms in total. The second kappa shape index (κ2) is 5.55. The van der Waals surface area contributed by atoms with Crippen molar-refractivity contribution in [2.45, 2.75) is 31.7 Å². The molecule has 1 aliphatic rings. The summed E-state index contributed by atoms with van der Waals surface area (Å²) in [7, 11) is 0. The van der Waals surface area contributed by atoms with Crippen molar-refractivity contribution in [1.29, 1.82) is 0 Å². The van der Waals surface area contributed by atoms with Gasteiger partial charge in [-0.05, 0) is 47.9 Å². The van der Waals surface area contributed by atoms with Crippen LogP contribution >= 0.6 is 0 Å². The normalized spacial score (nSPS) is 15.2. The quantitative estimate of drug-likeness (QED) is 0.648. The van der Waals surface area contributed by atoms with E-state index in [0.717, 1.165) is 6.42 Å².